The van der Waals surface area contributed by atoms with E-state index in [-0.39, 0.29) is 17.2 Å². The van der Waals surface area contributed by atoms with E-state index >= 15 is 0 Å². The van der Waals surface area contributed by atoms with Crippen LogP contribution in [0.4, 0.5) is 11.4 Å². The van der Waals surface area contributed by atoms with Crippen molar-refractivity contribution in [3.05, 3.63) is 35.7 Å². The Labute approximate surface area is 123 Å². The van der Waals surface area contributed by atoms with Crippen molar-refractivity contribution in [2.45, 2.75) is 13.8 Å². The average molecular weight is 289 g/mol. The van der Waals surface area contributed by atoms with Crippen molar-refractivity contribution < 1.29 is 14.6 Å². The monoisotopic (exact) mass is 289 g/mol. The first-order valence-electron chi connectivity index (χ1n) is 6.84. The first-order chi connectivity index (χ1) is 10.1. The lowest BCUT2D eigenvalue weighted by molar-refractivity contribution is -0.113. The van der Waals surface area contributed by atoms with Gasteiger partial charge in [0.05, 0.1) is 18.9 Å². The summed E-state index contributed by atoms with van der Waals surface area (Å²) in [7, 11) is 0. The molecule has 0 unspecified atom stereocenters. The molecule has 0 radical (unpaired) electrons. The molecule has 1 aromatic rings. The van der Waals surface area contributed by atoms with Gasteiger partial charge in [-0.15, -0.1) is 10.2 Å². The molecule has 6 nitrogen and oxygen atoms in total. The number of azo groups is 1. The van der Waals surface area contributed by atoms with Gasteiger partial charge in [-0.2, -0.15) is 0 Å². The van der Waals surface area contributed by atoms with E-state index in [1.807, 2.05) is 24.3 Å². The highest BCUT2D eigenvalue weighted by molar-refractivity contribution is 5.93. The van der Waals surface area contributed by atoms with Crippen molar-refractivity contribution in [1.82, 2.24) is 0 Å². The summed E-state index contributed by atoms with van der Waals surface area (Å²) in [4.78, 5) is 13.6. The average Bonchev–Trinajstić information content (AvgIpc) is 2.48. The van der Waals surface area contributed by atoms with Gasteiger partial charge in [-0.25, -0.2) is 0 Å². The molecule has 0 aliphatic carbocycles. The first kappa shape index (κ1) is 15.2. The number of aliphatic hydroxyl groups is 1. The Morgan fingerprint density at radius 1 is 1.24 bits per heavy atom. The number of ketones is 1. The molecule has 0 amide bonds. The maximum absolute atomic E-state index is 11.4. The number of para-hydroxylation sites is 1. The standard InChI is InChI=1S/C15H19N3O3/c1-11(19)15(12(2)20)17-16-13-5-3-4-6-14(13)18-7-9-21-10-8-18/h3-6,19H,7-10H2,1-2H3/b15-11+,17-16?. The van der Waals surface area contributed by atoms with Crippen LogP contribution in [0.15, 0.2) is 46.0 Å². The van der Waals surface area contributed by atoms with Gasteiger partial charge < -0.3 is 14.7 Å². The zero-order chi connectivity index (χ0) is 15.2. The summed E-state index contributed by atoms with van der Waals surface area (Å²) in [6, 6.07) is 7.59. The predicted octanol–water partition coefficient (Wildman–Crippen LogP) is 2.99. The normalized spacial score (nSPS) is 17.0. The van der Waals surface area contributed by atoms with Crippen LogP contribution >= 0.6 is 0 Å². The lowest BCUT2D eigenvalue weighted by Gasteiger charge is -2.29. The third-order valence-electron chi connectivity index (χ3n) is 3.17. The number of aliphatic hydroxyl groups excluding tert-OH is 1. The van der Waals surface area contributed by atoms with Gasteiger partial charge in [0.1, 0.15) is 11.4 Å². The van der Waals surface area contributed by atoms with Gasteiger partial charge in [-0.3, -0.25) is 4.79 Å². The van der Waals surface area contributed by atoms with E-state index in [4.69, 9.17) is 4.74 Å². The van der Waals surface area contributed by atoms with E-state index in [0.717, 1.165) is 18.8 Å². The molecule has 1 N–H and O–H groups in total. The molecule has 0 bridgehead atoms. The number of allylic oxidation sites excluding steroid dienone is 2. The SMILES string of the molecule is CC(=O)/C(N=Nc1ccccc1N1CCOCC1)=C(/C)O. The number of benzene rings is 1. The van der Waals surface area contributed by atoms with E-state index in [1.165, 1.54) is 13.8 Å². The molecule has 1 saturated heterocycles. The number of carbonyl (C=O) groups is 1. The van der Waals surface area contributed by atoms with Gasteiger partial charge >= 0.3 is 0 Å². The van der Waals surface area contributed by atoms with Gasteiger partial charge in [0.15, 0.2) is 11.5 Å². The minimum absolute atomic E-state index is 0.0215. The van der Waals surface area contributed by atoms with Crippen LogP contribution in [-0.4, -0.2) is 37.2 Å². The number of hydrogen-bond donors (Lipinski definition) is 1. The van der Waals surface area contributed by atoms with E-state index in [0.29, 0.717) is 18.9 Å². The van der Waals surface area contributed by atoms with Crippen LogP contribution in [0.5, 0.6) is 0 Å². The molecule has 1 fully saturated rings. The minimum Gasteiger partial charge on any atom is -0.510 e. The van der Waals surface area contributed by atoms with Crippen molar-refractivity contribution in [3.8, 4) is 0 Å². The van der Waals surface area contributed by atoms with Crippen LogP contribution in [0.3, 0.4) is 0 Å². The highest BCUT2D eigenvalue weighted by atomic mass is 16.5. The number of hydrogen-bond acceptors (Lipinski definition) is 6. The van der Waals surface area contributed by atoms with Crippen LogP contribution < -0.4 is 4.90 Å². The van der Waals surface area contributed by atoms with E-state index in [2.05, 4.69) is 15.1 Å². The number of Topliss-reactive ketones (excluding diaryl/α,β-unsaturated/α-hetero) is 1. The molecule has 0 spiro atoms. The zero-order valence-electron chi connectivity index (χ0n) is 12.2. The molecular weight excluding hydrogens is 270 g/mol. The summed E-state index contributed by atoms with van der Waals surface area (Å²) in [5.74, 6) is -0.447. The predicted molar refractivity (Wildman–Crippen MR) is 80.0 cm³/mol. The van der Waals surface area contributed by atoms with Crippen LogP contribution in [0.1, 0.15) is 13.8 Å². The Kier molecular flexibility index (Phi) is 5.05. The molecule has 0 saturated carbocycles. The topological polar surface area (TPSA) is 74.5 Å². The number of anilines is 1. The molecule has 1 aliphatic heterocycles. The molecule has 0 aromatic heterocycles. The number of morpholine rings is 1. The van der Waals surface area contributed by atoms with Crippen molar-refractivity contribution in [3.63, 3.8) is 0 Å². The highest BCUT2D eigenvalue weighted by Crippen LogP contribution is 2.29. The second-order valence-electron chi connectivity index (χ2n) is 4.78. The Bertz CT molecular complexity index is 571. The summed E-state index contributed by atoms with van der Waals surface area (Å²) < 4.78 is 5.34. The molecular formula is C15H19N3O3. The molecule has 6 heteroatoms. The fourth-order valence-electron chi connectivity index (χ4n) is 2.12. The Morgan fingerprint density at radius 2 is 1.90 bits per heavy atom. The van der Waals surface area contributed by atoms with Gasteiger partial charge in [0, 0.05) is 20.0 Å². The molecule has 1 aliphatic rings. The maximum atomic E-state index is 11.4. The summed E-state index contributed by atoms with van der Waals surface area (Å²) in [6.07, 6.45) is 0. The van der Waals surface area contributed by atoms with Crippen molar-refractivity contribution in [2.75, 3.05) is 31.2 Å². The lowest BCUT2D eigenvalue weighted by atomic mass is 10.2. The Hall–Kier alpha value is -2.21. The smallest absolute Gasteiger partial charge is 0.183 e. The van der Waals surface area contributed by atoms with E-state index in [1.54, 1.807) is 0 Å². The largest absolute Gasteiger partial charge is 0.510 e. The van der Waals surface area contributed by atoms with Crippen molar-refractivity contribution in [2.24, 2.45) is 10.2 Å². The highest BCUT2D eigenvalue weighted by Gasteiger charge is 2.14. The fourth-order valence-corrected chi connectivity index (χ4v) is 2.12. The molecule has 1 aromatic carbocycles. The van der Waals surface area contributed by atoms with Crippen LogP contribution in [0.2, 0.25) is 0 Å². The van der Waals surface area contributed by atoms with Crippen molar-refractivity contribution >= 4 is 17.2 Å². The number of rotatable bonds is 4. The van der Waals surface area contributed by atoms with Gasteiger partial charge in [-0.1, -0.05) is 12.1 Å². The Balaban J connectivity index is 2.28. The summed E-state index contributed by atoms with van der Waals surface area (Å²) >= 11 is 0. The Morgan fingerprint density at radius 3 is 2.52 bits per heavy atom. The third kappa shape index (κ3) is 3.88. The second kappa shape index (κ2) is 6.99. The molecule has 2 rings (SSSR count). The molecule has 112 valence electrons. The molecule has 0 atom stereocenters. The number of carbonyl (C=O) groups excluding carboxylic acids is 1. The van der Waals surface area contributed by atoms with E-state index < -0.39 is 0 Å². The van der Waals surface area contributed by atoms with Gasteiger partial charge in [0.25, 0.3) is 0 Å². The summed E-state index contributed by atoms with van der Waals surface area (Å²) in [5, 5.41) is 17.5. The van der Waals surface area contributed by atoms with E-state index in [9.17, 15) is 9.90 Å². The number of ether oxygens (including phenoxy) is 1. The quantitative estimate of drug-likeness (QED) is 0.525. The van der Waals surface area contributed by atoms with Crippen LogP contribution in [-0.2, 0) is 9.53 Å². The summed E-state index contributed by atoms with van der Waals surface area (Å²) in [6.45, 7) is 5.72. The first-order valence-corrected chi connectivity index (χ1v) is 6.84. The zero-order valence-corrected chi connectivity index (χ0v) is 12.2. The molecule has 1 heterocycles. The lowest BCUT2D eigenvalue weighted by Crippen LogP contribution is -2.36. The summed E-state index contributed by atoms with van der Waals surface area (Å²) in [5.41, 5.74) is 1.59. The van der Waals surface area contributed by atoms with Crippen LogP contribution in [0, 0.1) is 0 Å². The number of nitrogens with zero attached hydrogens (tertiary/aromatic N) is 3. The van der Waals surface area contributed by atoms with Crippen LogP contribution in [0.25, 0.3) is 0 Å². The second-order valence-corrected chi connectivity index (χ2v) is 4.78. The fraction of sp³-hybridized carbons (Fsp3) is 0.400. The third-order valence-corrected chi connectivity index (χ3v) is 3.17. The van der Waals surface area contributed by atoms with Crippen molar-refractivity contribution in [1.29, 1.82) is 0 Å². The van der Waals surface area contributed by atoms with Gasteiger partial charge in [-0.05, 0) is 19.1 Å². The van der Waals surface area contributed by atoms with Gasteiger partial charge in [0.2, 0.25) is 0 Å². The minimum atomic E-state index is -0.317. The maximum Gasteiger partial charge on any atom is 0.183 e. The molecule has 21 heavy (non-hydrogen) atoms.